The second-order valence-corrected chi connectivity index (χ2v) is 7.82. The Morgan fingerprint density at radius 3 is 2.54 bits per heavy atom. The third kappa shape index (κ3) is 5.92. The fourth-order valence-corrected chi connectivity index (χ4v) is 3.94. The molecule has 1 N–H and O–H groups in total. The van der Waals surface area contributed by atoms with Crippen LogP contribution in [0.4, 0.5) is 0 Å². The van der Waals surface area contributed by atoms with Crippen LogP contribution in [0.25, 0.3) is 0 Å². The molecule has 0 saturated carbocycles. The minimum Gasteiger partial charge on any atom is -0.481 e. The highest BCUT2D eigenvalue weighted by Crippen LogP contribution is 2.27. The van der Waals surface area contributed by atoms with E-state index in [9.17, 15) is 14.4 Å². The van der Waals surface area contributed by atoms with E-state index in [4.69, 9.17) is 16.7 Å². The highest BCUT2D eigenvalue weighted by atomic mass is 35.5. The smallest absolute Gasteiger partial charge is 0.306 e. The van der Waals surface area contributed by atoms with Gasteiger partial charge in [0.05, 0.1) is 17.5 Å². The van der Waals surface area contributed by atoms with Crippen molar-refractivity contribution in [3.63, 3.8) is 0 Å². The van der Waals surface area contributed by atoms with E-state index in [1.54, 1.807) is 11.9 Å². The van der Waals surface area contributed by atoms with E-state index >= 15 is 0 Å². The largest absolute Gasteiger partial charge is 0.481 e. The van der Waals surface area contributed by atoms with Gasteiger partial charge in [-0.1, -0.05) is 23.7 Å². The van der Waals surface area contributed by atoms with Gasteiger partial charge >= 0.3 is 5.97 Å². The topological polar surface area (TPSA) is 77.9 Å². The molecule has 0 unspecified atom stereocenters. The normalized spacial score (nSPS) is 14.9. The number of likely N-dealkylation sites (tertiary alicyclic amines) is 1. The molecule has 1 aromatic rings. The Labute approximate surface area is 162 Å². The summed E-state index contributed by atoms with van der Waals surface area (Å²) in [5.74, 6) is -0.826. The van der Waals surface area contributed by atoms with Crippen molar-refractivity contribution in [1.82, 2.24) is 9.80 Å². The quantitative estimate of drug-likeness (QED) is 0.714. The molecule has 2 rings (SSSR count). The standard InChI is InChI=1S/C18H23ClN2O4S/c1-20(12-17(23)21-9-6-13(7-10-21)18(24)25)16(22)8-11-26-15-5-3-2-4-14(15)19/h2-5,13H,6-12H2,1H3,(H,24,25). The number of amides is 2. The van der Waals surface area contributed by atoms with Crippen molar-refractivity contribution in [1.29, 1.82) is 0 Å². The molecule has 0 aromatic heterocycles. The lowest BCUT2D eigenvalue weighted by atomic mass is 9.97. The number of aliphatic carboxylic acids is 1. The summed E-state index contributed by atoms with van der Waals surface area (Å²) < 4.78 is 0. The van der Waals surface area contributed by atoms with Crippen molar-refractivity contribution in [2.75, 3.05) is 32.4 Å². The van der Waals surface area contributed by atoms with Crippen molar-refractivity contribution in [2.24, 2.45) is 5.92 Å². The van der Waals surface area contributed by atoms with Gasteiger partial charge in [-0.3, -0.25) is 14.4 Å². The Morgan fingerprint density at radius 2 is 1.92 bits per heavy atom. The first kappa shape index (κ1) is 20.6. The first-order valence-electron chi connectivity index (χ1n) is 8.50. The molecule has 1 aliphatic rings. The first-order valence-corrected chi connectivity index (χ1v) is 9.86. The van der Waals surface area contributed by atoms with E-state index in [-0.39, 0.29) is 24.3 Å². The van der Waals surface area contributed by atoms with E-state index < -0.39 is 5.97 Å². The zero-order valence-electron chi connectivity index (χ0n) is 14.7. The van der Waals surface area contributed by atoms with Gasteiger partial charge < -0.3 is 14.9 Å². The Morgan fingerprint density at radius 1 is 1.27 bits per heavy atom. The minimum atomic E-state index is -0.805. The van der Waals surface area contributed by atoms with E-state index in [0.717, 1.165) is 4.90 Å². The average molecular weight is 399 g/mol. The Hall–Kier alpha value is -1.73. The number of carboxylic acid groups (broad SMARTS) is 1. The van der Waals surface area contributed by atoms with Gasteiger partial charge in [0.25, 0.3) is 0 Å². The summed E-state index contributed by atoms with van der Waals surface area (Å²) in [4.78, 5) is 39.5. The molecule has 0 spiro atoms. The van der Waals surface area contributed by atoms with Gasteiger partial charge in [-0.2, -0.15) is 0 Å². The van der Waals surface area contributed by atoms with Crippen LogP contribution < -0.4 is 0 Å². The van der Waals surface area contributed by atoms with Gasteiger partial charge in [0, 0.05) is 37.2 Å². The number of thioether (sulfide) groups is 1. The van der Waals surface area contributed by atoms with Gasteiger partial charge in [-0.05, 0) is 25.0 Å². The number of carboxylic acids is 1. The maximum atomic E-state index is 12.3. The van der Waals surface area contributed by atoms with Crippen LogP contribution in [0.2, 0.25) is 5.02 Å². The van der Waals surface area contributed by atoms with Gasteiger partial charge in [0.15, 0.2) is 0 Å². The van der Waals surface area contributed by atoms with Crippen LogP contribution in [-0.2, 0) is 14.4 Å². The number of halogens is 1. The maximum absolute atomic E-state index is 12.3. The zero-order valence-corrected chi connectivity index (χ0v) is 16.3. The summed E-state index contributed by atoms with van der Waals surface area (Å²) in [5, 5.41) is 9.66. The predicted molar refractivity (Wildman–Crippen MR) is 101 cm³/mol. The van der Waals surface area contributed by atoms with Crippen molar-refractivity contribution in [2.45, 2.75) is 24.2 Å². The lowest BCUT2D eigenvalue weighted by molar-refractivity contribution is -0.146. The second kappa shape index (κ2) is 9.83. The molecule has 1 fully saturated rings. The molecule has 26 heavy (non-hydrogen) atoms. The van der Waals surface area contributed by atoms with Gasteiger partial charge in [0.1, 0.15) is 0 Å². The molecule has 2 amide bonds. The summed E-state index contributed by atoms with van der Waals surface area (Å²) in [6.45, 7) is 0.883. The SMILES string of the molecule is CN(CC(=O)N1CCC(C(=O)O)CC1)C(=O)CCSc1ccccc1Cl. The van der Waals surface area contributed by atoms with Crippen LogP contribution in [0.3, 0.4) is 0 Å². The number of nitrogens with zero attached hydrogens (tertiary/aromatic N) is 2. The molecule has 1 aliphatic heterocycles. The third-order valence-electron chi connectivity index (χ3n) is 4.41. The van der Waals surface area contributed by atoms with Crippen molar-refractivity contribution in [3.05, 3.63) is 29.3 Å². The lowest BCUT2D eigenvalue weighted by Gasteiger charge is -2.31. The molecular formula is C18H23ClN2O4S. The summed E-state index contributed by atoms with van der Waals surface area (Å²) >= 11 is 7.60. The van der Waals surface area contributed by atoms with E-state index in [2.05, 4.69) is 0 Å². The van der Waals surface area contributed by atoms with E-state index in [0.29, 0.717) is 43.1 Å². The van der Waals surface area contributed by atoms with Crippen LogP contribution >= 0.6 is 23.4 Å². The average Bonchev–Trinajstić information content (AvgIpc) is 2.63. The maximum Gasteiger partial charge on any atom is 0.306 e. The number of hydrogen-bond donors (Lipinski definition) is 1. The summed E-state index contributed by atoms with van der Waals surface area (Å²) in [5.41, 5.74) is 0. The molecule has 0 radical (unpaired) electrons. The highest BCUT2D eigenvalue weighted by Gasteiger charge is 2.27. The van der Waals surface area contributed by atoms with Gasteiger partial charge in [0.2, 0.25) is 11.8 Å². The summed E-state index contributed by atoms with van der Waals surface area (Å²) in [6.07, 6.45) is 1.25. The molecule has 1 heterocycles. The number of hydrogen-bond acceptors (Lipinski definition) is 4. The van der Waals surface area contributed by atoms with Crippen LogP contribution in [0.5, 0.6) is 0 Å². The Bertz CT molecular complexity index is 662. The Balaban J connectivity index is 1.72. The monoisotopic (exact) mass is 398 g/mol. The fourth-order valence-electron chi connectivity index (χ4n) is 2.77. The molecule has 1 aromatic carbocycles. The number of benzene rings is 1. The van der Waals surface area contributed by atoms with Crippen LogP contribution in [0.15, 0.2) is 29.2 Å². The number of likely N-dealkylation sites (N-methyl/N-ethyl adjacent to an activating group) is 1. The van der Waals surface area contributed by atoms with Crippen molar-refractivity contribution in [3.8, 4) is 0 Å². The lowest BCUT2D eigenvalue weighted by Crippen LogP contribution is -2.45. The number of carbonyl (C=O) groups is 3. The number of carbonyl (C=O) groups excluding carboxylic acids is 2. The molecule has 0 atom stereocenters. The summed E-state index contributed by atoms with van der Waals surface area (Å²) in [6, 6.07) is 7.47. The fraction of sp³-hybridized carbons (Fsp3) is 0.500. The van der Waals surface area contributed by atoms with Crippen molar-refractivity contribution >= 4 is 41.1 Å². The number of rotatable bonds is 7. The minimum absolute atomic E-state index is 0.0212. The van der Waals surface area contributed by atoms with Crippen LogP contribution in [-0.4, -0.2) is 65.1 Å². The van der Waals surface area contributed by atoms with Crippen LogP contribution in [0, 0.1) is 5.92 Å². The molecule has 1 saturated heterocycles. The van der Waals surface area contributed by atoms with E-state index in [1.165, 1.54) is 16.7 Å². The van der Waals surface area contributed by atoms with E-state index in [1.807, 2.05) is 24.3 Å². The molecule has 142 valence electrons. The highest BCUT2D eigenvalue weighted by molar-refractivity contribution is 7.99. The first-order chi connectivity index (χ1) is 12.4. The Kier molecular flexibility index (Phi) is 7.78. The molecule has 0 bridgehead atoms. The molecule has 6 nitrogen and oxygen atoms in total. The van der Waals surface area contributed by atoms with Crippen molar-refractivity contribution < 1.29 is 19.5 Å². The third-order valence-corrected chi connectivity index (χ3v) is 5.92. The van der Waals surface area contributed by atoms with Crippen LogP contribution in [0.1, 0.15) is 19.3 Å². The van der Waals surface area contributed by atoms with Gasteiger partial charge in [-0.15, -0.1) is 11.8 Å². The summed E-state index contributed by atoms with van der Waals surface area (Å²) in [7, 11) is 1.62. The number of piperidine rings is 1. The second-order valence-electron chi connectivity index (χ2n) is 6.27. The zero-order chi connectivity index (χ0) is 19.1. The molecule has 8 heteroatoms. The molecular weight excluding hydrogens is 376 g/mol. The predicted octanol–water partition coefficient (Wildman–Crippen LogP) is 2.60. The molecule has 0 aliphatic carbocycles. The van der Waals surface area contributed by atoms with Gasteiger partial charge in [-0.25, -0.2) is 0 Å².